The Morgan fingerprint density at radius 1 is 1.69 bits per heavy atom. The molecule has 5 nitrogen and oxygen atoms in total. The molecule has 0 radical (unpaired) electrons. The van der Waals surface area contributed by atoms with Gasteiger partial charge >= 0.3 is 0 Å². The first-order valence-electron chi connectivity index (χ1n) is 3.65. The predicted molar refractivity (Wildman–Crippen MR) is 50.0 cm³/mol. The van der Waals surface area contributed by atoms with Crippen molar-refractivity contribution in [3.05, 3.63) is 26.9 Å². The summed E-state index contributed by atoms with van der Waals surface area (Å²) in [5, 5.41) is 2.42. The van der Waals surface area contributed by atoms with Crippen molar-refractivity contribution in [2.45, 2.75) is 6.42 Å². The molecule has 0 aliphatic carbocycles. The summed E-state index contributed by atoms with van der Waals surface area (Å²) in [6.07, 6.45) is 1.49. The third-order valence-electron chi connectivity index (χ3n) is 1.53. The molecular formula is C7H9N3O2S. The Labute approximate surface area is 79.2 Å². The molecule has 1 heterocycles. The van der Waals surface area contributed by atoms with Crippen molar-refractivity contribution in [3.8, 4) is 0 Å². The number of nitrogens with one attached hydrogen (secondary N) is 3. The molecule has 70 valence electrons. The molecule has 1 rings (SSSR count). The van der Waals surface area contributed by atoms with Crippen molar-refractivity contribution in [1.82, 2.24) is 15.3 Å². The van der Waals surface area contributed by atoms with Gasteiger partial charge in [-0.05, 0) is 12.2 Å². The van der Waals surface area contributed by atoms with E-state index in [0.717, 1.165) is 0 Å². The van der Waals surface area contributed by atoms with Crippen molar-refractivity contribution >= 4 is 18.1 Å². The van der Waals surface area contributed by atoms with Crippen molar-refractivity contribution in [2.75, 3.05) is 7.05 Å². The summed E-state index contributed by atoms with van der Waals surface area (Å²) in [6, 6.07) is 0. The number of H-pyrrole nitrogens is 2. The molecule has 0 aromatic carbocycles. The van der Waals surface area contributed by atoms with Crippen LogP contribution in [-0.4, -0.2) is 22.9 Å². The molecule has 1 aromatic heterocycles. The van der Waals surface area contributed by atoms with E-state index in [-0.39, 0.29) is 22.7 Å². The maximum absolute atomic E-state index is 11.2. The van der Waals surface area contributed by atoms with Crippen LogP contribution in [0.5, 0.6) is 0 Å². The Morgan fingerprint density at radius 2 is 2.38 bits per heavy atom. The van der Waals surface area contributed by atoms with E-state index in [9.17, 15) is 9.59 Å². The van der Waals surface area contributed by atoms with Gasteiger partial charge in [0.2, 0.25) is 5.91 Å². The Hall–Kier alpha value is -1.43. The molecule has 0 fully saturated rings. The van der Waals surface area contributed by atoms with Crippen LogP contribution >= 0.6 is 12.2 Å². The minimum absolute atomic E-state index is 0.0535. The van der Waals surface area contributed by atoms with Crippen molar-refractivity contribution < 1.29 is 4.79 Å². The molecule has 13 heavy (non-hydrogen) atoms. The molecule has 0 atom stereocenters. The van der Waals surface area contributed by atoms with Gasteiger partial charge < -0.3 is 10.3 Å². The number of likely N-dealkylation sites (N-methyl/N-ethyl adjacent to an activating group) is 1. The number of rotatable bonds is 2. The molecule has 0 saturated carbocycles. The van der Waals surface area contributed by atoms with Gasteiger partial charge in [-0.2, -0.15) is 0 Å². The van der Waals surface area contributed by atoms with Crippen molar-refractivity contribution in [1.29, 1.82) is 0 Å². The van der Waals surface area contributed by atoms with Crippen LogP contribution in [0, 0.1) is 4.77 Å². The molecular weight excluding hydrogens is 190 g/mol. The fourth-order valence-electron chi connectivity index (χ4n) is 0.830. The largest absolute Gasteiger partial charge is 0.359 e. The van der Waals surface area contributed by atoms with Crippen LogP contribution in [-0.2, 0) is 11.2 Å². The first kappa shape index (κ1) is 9.66. The fraction of sp³-hybridized carbons (Fsp3) is 0.286. The Morgan fingerprint density at radius 3 is 2.92 bits per heavy atom. The highest BCUT2D eigenvalue weighted by molar-refractivity contribution is 7.71. The molecule has 0 aliphatic rings. The van der Waals surface area contributed by atoms with Crippen LogP contribution in [0.15, 0.2) is 11.0 Å². The van der Waals surface area contributed by atoms with Gasteiger partial charge in [0.25, 0.3) is 5.56 Å². The van der Waals surface area contributed by atoms with E-state index in [1.807, 2.05) is 0 Å². The average Bonchev–Trinajstić information content (AvgIpc) is 2.09. The van der Waals surface area contributed by atoms with Crippen LogP contribution in [0.2, 0.25) is 0 Å². The monoisotopic (exact) mass is 199 g/mol. The van der Waals surface area contributed by atoms with Gasteiger partial charge in [-0.3, -0.25) is 14.6 Å². The first-order valence-corrected chi connectivity index (χ1v) is 4.06. The van der Waals surface area contributed by atoms with E-state index in [2.05, 4.69) is 27.5 Å². The summed E-state index contributed by atoms with van der Waals surface area (Å²) in [7, 11) is 1.52. The lowest BCUT2D eigenvalue weighted by atomic mass is 10.2. The van der Waals surface area contributed by atoms with Gasteiger partial charge in [0.1, 0.15) is 0 Å². The second kappa shape index (κ2) is 3.99. The highest BCUT2D eigenvalue weighted by atomic mass is 32.1. The van der Waals surface area contributed by atoms with Gasteiger partial charge in [-0.15, -0.1) is 0 Å². The molecule has 0 aliphatic heterocycles. The zero-order chi connectivity index (χ0) is 9.84. The third-order valence-corrected chi connectivity index (χ3v) is 1.75. The van der Waals surface area contributed by atoms with Crippen LogP contribution in [0.1, 0.15) is 5.56 Å². The smallest absolute Gasteiger partial charge is 0.255 e. The molecule has 0 bridgehead atoms. The summed E-state index contributed by atoms with van der Waals surface area (Å²) in [5.41, 5.74) is 0.0419. The quantitative estimate of drug-likeness (QED) is 0.573. The number of hydrogen-bond acceptors (Lipinski definition) is 3. The lowest BCUT2D eigenvalue weighted by Gasteiger charge is -1.97. The lowest BCUT2D eigenvalue weighted by Crippen LogP contribution is -2.24. The van der Waals surface area contributed by atoms with Crippen LogP contribution in [0.25, 0.3) is 0 Å². The van der Waals surface area contributed by atoms with Gasteiger partial charge in [0.15, 0.2) is 4.77 Å². The molecule has 1 amide bonds. The normalized spacial score (nSPS) is 9.62. The Kier molecular flexibility index (Phi) is 2.97. The minimum Gasteiger partial charge on any atom is -0.359 e. The van der Waals surface area contributed by atoms with Gasteiger partial charge in [0, 0.05) is 18.8 Å². The molecule has 1 aromatic rings. The van der Waals surface area contributed by atoms with E-state index >= 15 is 0 Å². The summed E-state index contributed by atoms with van der Waals surface area (Å²) < 4.78 is 0.255. The van der Waals surface area contributed by atoms with Crippen LogP contribution in [0.4, 0.5) is 0 Å². The number of amides is 1. The average molecular weight is 199 g/mol. The van der Waals surface area contributed by atoms with E-state index in [4.69, 9.17) is 0 Å². The summed E-state index contributed by atoms with van der Waals surface area (Å²) >= 11 is 4.69. The maximum Gasteiger partial charge on any atom is 0.255 e. The summed E-state index contributed by atoms with van der Waals surface area (Å²) in [4.78, 5) is 27.1. The molecule has 3 N–H and O–H groups in total. The highest BCUT2D eigenvalue weighted by Crippen LogP contribution is 1.88. The van der Waals surface area contributed by atoms with Crippen LogP contribution < -0.4 is 10.9 Å². The number of aromatic nitrogens is 2. The number of aromatic amines is 2. The topological polar surface area (TPSA) is 77.8 Å². The van der Waals surface area contributed by atoms with Gasteiger partial charge in [0.05, 0.1) is 6.42 Å². The number of hydrogen-bond donors (Lipinski definition) is 3. The Bertz CT molecular complexity index is 420. The molecule has 0 spiro atoms. The van der Waals surface area contributed by atoms with E-state index in [1.165, 1.54) is 13.2 Å². The Balaban J connectivity index is 2.97. The first-order chi connectivity index (χ1) is 6.13. The van der Waals surface area contributed by atoms with E-state index < -0.39 is 0 Å². The highest BCUT2D eigenvalue weighted by Gasteiger charge is 2.04. The van der Waals surface area contributed by atoms with Gasteiger partial charge in [-0.25, -0.2) is 0 Å². The standard InChI is InChI=1S/C7H9N3O2S/c1-8-5(11)2-4-3-9-7(13)10-6(4)12/h3H,2H2,1H3,(H,8,11)(H2,9,10,12,13). The SMILES string of the molecule is CNC(=O)Cc1c[nH]c(=S)[nH]c1=O. The van der Waals surface area contributed by atoms with Crippen molar-refractivity contribution in [3.63, 3.8) is 0 Å². The fourth-order valence-corrected chi connectivity index (χ4v) is 0.982. The van der Waals surface area contributed by atoms with Crippen molar-refractivity contribution in [2.24, 2.45) is 0 Å². The van der Waals surface area contributed by atoms with E-state index in [1.54, 1.807) is 0 Å². The second-order valence-electron chi connectivity index (χ2n) is 2.45. The minimum atomic E-state index is -0.327. The number of carbonyl (C=O) groups is 1. The summed E-state index contributed by atoms with van der Waals surface area (Å²) in [6.45, 7) is 0. The maximum atomic E-state index is 11.2. The number of carbonyl (C=O) groups excluding carboxylic acids is 1. The molecule has 0 saturated heterocycles. The summed E-state index contributed by atoms with van der Waals surface area (Å²) in [5.74, 6) is -0.212. The molecule has 0 unspecified atom stereocenters. The lowest BCUT2D eigenvalue weighted by molar-refractivity contribution is -0.119. The second-order valence-corrected chi connectivity index (χ2v) is 2.86. The third kappa shape index (κ3) is 2.51. The van der Waals surface area contributed by atoms with Gasteiger partial charge in [-0.1, -0.05) is 0 Å². The zero-order valence-electron chi connectivity index (χ0n) is 7.01. The van der Waals surface area contributed by atoms with E-state index in [0.29, 0.717) is 5.56 Å². The zero-order valence-corrected chi connectivity index (χ0v) is 7.83. The predicted octanol–water partition coefficient (Wildman–Crippen LogP) is -0.279. The molecule has 6 heteroatoms. The van der Waals surface area contributed by atoms with Crippen LogP contribution in [0.3, 0.4) is 0 Å².